The normalized spacial score (nSPS) is 51.7. The molecule has 2 spiro atoms. The highest BCUT2D eigenvalue weighted by Gasteiger charge is 3.00. The van der Waals surface area contributed by atoms with E-state index in [1.165, 1.54) is 0 Å². The van der Waals surface area contributed by atoms with Crippen LogP contribution >= 0.6 is 0 Å². The van der Waals surface area contributed by atoms with Gasteiger partial charge >= 0.3 is 12.1 Å². The Bertz CT molecular complexity index is 1090. The molecule has 0 radical (unpaired) electrons. The van der Waals surface area contributed by atoms with Gasteiger partial charge in [0.25, 0.3) is 0 Å². The van der Waals surface area contributed by atoms with Gasteiger partial charge in [-0.3, -0.25) is 0 Å². The third kappa shape index (κ3) is 2.42. The van der Waals surface area contributed by atoms with E-state index in [0.717, 1.165) is 37.1 Å². The van der Waals surface area contributed by atoms with Crippen LogP contribution in [0.2, 0.25) is 0 Å². The summed E-state index contributed by atoms with van der Waals surface area (Å²) >= 11 is 0. The van der Waals surface area contributed by atoms with Gasteiger partial charge in [-0.15, -0.1) is 0 Å². The Labute approximate surface area is 209 Å². The summed E-state index contributed by atoms with van der Waals surface area (Å²) in [5.74, 6) is -0.0151. The van der Waals surface area contributed by atoms with Crippen LogP contribution in [0.25, 0.3) is 0 Å². The molecule has 3 aliphatic carbocycles. The summed E-state index contributed by atoms with van der Waals surface area (Å²) in [6, 6.07) is 0. The second-order valence-electron chi connectivity index (χ2n) is 12.4. The lowest BCUT2D eigenvalue weighted by Crippen LogP contribution is -2.68. The SMILES string of the molecule is CN1CCN(C(=O)OCCC[C@]23O[C@H]2[C@@H]2O[C@]24[C@]2(O[C@H]2C[C@H]2C5=C(CC[C@@]24C)C(=O)OC5)[C@@H]3O)CC1. The van der Waals surface area contributed by atoms with Crippen molar-refractivity contribution < 1.29 is 38.4 Å². The Balaban J connectivity index is 0.974. The van der Waals surface area contributed by atoms with Crippen molar-refractivity contribution in [3.05, 3.63) is 11.1 Å². The minimum absolute atomic E-state index is 0.116. The fourth-order valence-corrected chi connectivity index (χ4v) is 8.91. The third-order valence-corrected chi connectivity index (χ3v) is 11.0. The van der Waals surface area contributed by atoms with E-state index in [0.29, 0.717) is 45.6 Å². The van der Waals surface area contributed by atoms with Crippen molar-refractivity contribution in [2.75, 3.05) is 46.4 Å². The maximum absolute atomic E-state index is 12.4. The van der Waals surface area contributed by atoms with Gasteiger partial charge in [-0.05, 0) is 50.6 Å². The van der Waals surface area contributed by atoms with Gasteiger partial charge in [0.2, 0.25) is 0 Å². The molecule has 0 aromatic carbocycles. The molecule has 1 N–H and O–H groups in total. The summed E-state index contributed by atoms with van der Waals surface area (Å²) in [5, 5.41) is 11.8. The van der Waals surface area contributed by atoms with Crippen LogP contribution in [-0.4, -0.2) is 115 Å². The van der Waals surface area contributed by atoms with E-state index in [-0.39, 0.29) is 41.7 Å². The number of ether oxygens (including phenoxy) is 5. The number of carbonyl (C=O) groups excluding carboxylic acids is 2. The third-order valence-electron chi connectivity index (χ3n) is 11.0. The highest BCUT2D eigenvalue weighted by molar-refractivity contribution is 5.92. The van der Waals surface area contributed by atoms with Crippen LogP contribution in [0.4, 0.5) is 4.79 Å². The molecule has 0 aromatic heterocycles. The van der Waals surface area contributed by atoms with Crippen LogP contribution in [0.1, 0.15) is 39.0 Å². The molecule has 6 fully saturated rings. The topological polar surface area (TPSA) is 117 Å². The first-order chi connectivity index (χ1) is 17.3. The highest BCUT2D eigenvalue weighted by atomic mass is 16.7. The Morgan fingerprint density at radius 2 is 1.97 bits per heavy atom. The summed E-state index contributed by atoms with van der Waals surface area (Å²) in [7, 11) is 2.05. The van der Waals surface area contributed by atoms with E-state index >= 15 is 0 Å². The van der Waals surface area contributed by atoms with Gasteiger partial charge in [0.05, 0.1) is 12.7 Å². The van der Waals surface area contributed by atoms with Crippen molar-refractivity contribution >= 4 is 12.1 Å². The van der Waals surface area contributed by atoms with Gasteiger partial charge in [0.15, 0.2) is 5.60 Å². The average Bonchev–Trinajstić information content (AvgIpc) is 3.78. The zero-order valence-corrected chi connectivity index (χ0v) is 20.9. The van der Waals surface area contributed by atoms with Crippen molar-refractivity contribution in [3.8, 4) is 0 Å². The summed E-state index contributed by atoms with van der Waals surface area (Å²) in [6.45, 7) is 6.00. The zero-order chi connectivity index (χ0) is 24.7. The lowest BCUT2D eigenvalue weighted by Gasteiger charge is -2.53. The lowest BCUT2D eigenvalue weighted by atomic mass is 9.47. The molecular formula is C26H34N2O8. The molecule has 10 nitrogen and oxygen atoms in total. The Kier molecular flexibility index (Phi) is 4.22. The van der Waals surface area contributed by atoms with Gasteiger partial charge < -0.3 is 38.6 Å². The zero-order valence-electron chi connectivity index (χ0n) is 20.9. The predicted octanol–water partition coefficient (Wildman–Crippen LogP) is 0.611. The van der Waals surface area contributed by atoms with E-state index in [9.17, 15) is 14.7 Å². The number of nitrogens with zero attached hydrogens (tertiary/aromatic N) is 2. The minimum atomic E-state index is -0.790. The number of esters is 1. The van der Waals surface area contributed by atoms with Crippen molar-refractivity contribution in [3.63, 3.8) is 0 Å². The number of fused-ring (bicyclic) bond motifs is 4. The van der Waals surface area contributed by atoms with Gasteiger partial charge in [-0.1, -0.05) is 6.92 Å². The monoisotopic (exact) mass is 502 g/mol. The first kappa shape index (κ1) is 22.3. The molecular weight excluding hydrogens is 468 g/mol. The molecule has 8 aliphatic rings. The number of likely N-dealkylation sites (N-methyl/N-ethyl adjacent to an activating group) is 1. The second-order valence-corrected chi connectivity index (χ2v) is 12.4. The number of carbonyl (C=O) groups is 2. The number of hydrogen-bond acceptors (Lipinski definition) is 9. The summed E-state index contributed by atoms with van der Waals surface area (Å²) in [4.78, 5) is 28.6. The number of hydrogen-bond donors (Lipinski definition) is 1. The number of piperazine rings is 1. The Morgan fingerprint density at radius 1 is 1.17 bits per heavy atom. The van der Waals surface area contributed by atoms with Gasteiger partial charge in [-0.25, -0.2) is 9.59 Å². The minimum Gasteiger partial charge on any atom is -0.458 e. The number of amides is 1. The largest absolute Gasteiger partial charge is 0.458 e. The molecule has 8 rings (SSSR count). The number of rotatable bonds is 4. The van der Waals surface area contributed by atoms with E-state index in [1.807, 2.05) is 0 Å². The van der Waals surface area contributed by atoms with E-state index < -0.39 is 22.9 Å². The molecule has 9 atom stereocenters. The molecule has 2 saturated carbocycles. The van der Waals surface area contributed by atoms with Gasteiger partial charge in [-0.2, -0.15) is 0 Å². The predicted molar refractivity (Wildman–Crippen MR) is 122 cm³/mol. The number of aliphatic hydroxyl groups excluding tert-OH is 1. The summed E-state index contributed by atoms with van der Waals surface area (Å²) in [5.41, 5.74) is -0.322. The second kappa shape index (κ2) is 6.83. The smallest absolute Gasteiger partial charge is 0.409 e. The van der Waals surface area contributed by atoms with Gasteiger partial charge in [0, 0.05) is 37.2 Å². The van der Waals surface area contributed by atoms with Crippen LogP contribution in [0.3, 0.4) is 0 Å². The molecule has 36 heavy (non-hydrogen) atoms. The Morgan fingerprint density at radius 3 is 2.78 bits per heavy atom. The first-order valence-electron chi connectivity index (χ1n) is 13.5. The van der Waals surface area contributed by atoms with Crippen LogP contribution in [0, 0.1) is 11.3 Å². The quantitative estimate of drug-likeness (QED) is 0.335. The van der Waals surface area contributed by atoms with Crippen molar-refractivity contribution in [2.45, 2.75) is 80.2 Å². The van der Waals surface area contributed by atoms with Crippen LogP contribution in [0.5, 0.6) is 0 Å². The van der Waals surface area contributed by atoms with Crippen LogP contribution in [0.15, 0.2) is 11.1 Å². The van der Waals surface area contributed by atoms with Crippen molar-refractivity contribution in [1.82, 2.24) is 9.80 Å². The van der Waals surface area contributed by atoms with E-state index in [2.05, 4.69) is 18.9 Å². The van der Waals surface area contributed by atoms with E-state index in [4.69, 9.17) is 23.7 Å². The molecule has 5 aliphatic heterocycles. The molecule has 5 heterocycles. The molecule has 0 bridgehead atoms. The molecule has 10 heteroatoms. The number of aliphatic hydroxyl groups is 1. The summed E-state index contributed by atoms with van der Waals surface area (Å²) in [6.07, 6.45) is 2.01. The lowest BCUT2D eigenvalue weighted by molar-refractivity contribution is -0.136. The van der Waals surface area contributed by atoms with E-state index in [1.54, 1.807) is 4.90 Å². The molecule has 4 saturated heterocycles. The fraction of sp³-hybridized carbons (Fsp3) is 0.846. The molecule has 1 amide bonds. The highest BCUT2D eigenvalue weighted by Crippen LogP contribution is 2.82. The number of cyclic esters (lactones) is 1. The molecule has 0 unspecified atom stereocenters. The van der Waals surface area contributed by atoms with Gasteiger partial charge in [0.1, 0.15) is 36.1 Å². The Hall–Kier alpha value is -1.72. The standard InChI is InChI=1S/C26H34N2O8/c1-23-6-4-14-15(13-33-20(14)29)16(23)12-17-25(34-17)21(30)24(18(35-24)19-26(23,25)36-19)5-3-11-32-22(31)28-9-7-27(2)8-10-28/h16-19,21,30H,3-13H2,1-2H3/t16-,17-,18-,19-,21+,23-,24-,25+,26+/m0/s1. The number of epoxide rings is 3. The van der Waals surface area contributed by atoms with Crippen LogP contribution < -0.4 is 0 Å². The van der Waals surface area contributed by atoms with Crippen molar-refractivity contribution in [1.29, 1.82) is 0 Å². The average molecular weight is 503 g/mol. The van der Waals surface area contributed by atoms with Crippen LogP contribution in [-0.2, 0) is 28.5 Å². The first-order valence-corrected chi connectivity index (χ1v) is 13.5. The van der Waals surface area contributed by atoms with Crippen molar-refractivity contribution in [2.24, 2.45) is 11.3 Å². The maximum atomic E-state index is 12.4. The molecule has 196 valence electrons. The summed E-state index contributed by atoms with van der Waals surface area (Å²) < 4.78 is 30.2. The molecule has 0 aromatic rings. The fourth-order valence-electron chi connectivity index (χ4n) is 8.91. The maximum Gasteiger partial charge on any atom is 0.409 e.